The SMILES string of the molecule is COCCCNC(=O)/C(C#N)=C/c1ccc(OCc2ccc(Cl)c(Cl)c2)c(OC)c1. The molecule has 0 atom stereocenters. The quantitative estimate of drug-likeness (QED) is 0.325. The van der Waals surface area contributed by atoms with Crippen LogP contribution in [0.5, 0.6) is 11.5 Å². The number of nitrogens with zero attached hydrogens (tertiary/aromatic N) is 1. The third kappa shape index (κ3) is 6.96. The van der Waals surface area contributed by atoms with Crippen LogP contribution in [0.15, 0.2) is 42.0 Å². The van der Waals surface area contributed by atoms with Gasteiger partial charge in [-0.3, -0.25) is 4.79 Å². The van der Waals surface area contributed by atoms with Gasteiger partial charge in [0.15, 0.2) is 11.5 Å². The number of hydrogen-bond acceptors (Lipinski definition) is 5. The Kier molecular flexibility index (Phi) is 9.49. The number of rotatable bonds is 10. The van der Waals surface area contributed by atoms with Gasteiger partial charge < -0.3 is 19.5 Å². The Balaban J connectivity index is 2.09. The molecule has 0 bridgehead atoms. The molecular formula is C22H22Cl2N2O4. The smallest absolute Gasteiger partial charge is 0.261 e. The van der Waals surface area contributed by atoms with E-state index in [-0.39, 0.29) is 12.2 Å². The number of amides is 1. The van der Waals surface area contributed by atoms with Crippen molar-refractivity contribution in [1.29, 1.82) is 5.26 Å². The van der Waals surface area contributed by atoms with Gasteiger partial charge in [0.25, 0.3) is 5.91 Å². The molecule has 1 N–H and O–H groups in total. The summed E-state index contributed by atoms with van der Waals surface area (Å²) in [5, 5.41) is 12.9. The molecule has 158 valence electrons. The molecule has 0 fully saturated rings. The maximum absolute atomic E-state index is 12.2. The van der Waals surface area contributed by atoms with Crippen LogP contribution in [0, 0.1) is 11.3 Å². The van der Waals surface area contributed by atoms with E-state index in [1.165, 1.54) is 13.2 Å². The summed E-state index contributed by atoms with van der Waals surface area (Å²) >= 11 is 12.0. The average molecular weight is 449 g/mol. The lowest BCUT2D eigenvalue weighted by atomic mass is 10.1. The molecule has 8 heteroatoms. The van der Waals surface area contributed by atoms with Crippen molar-refractivity contribution in [3.05, 3.63) is 63.1 Å². The largest absolute Gasteiger partial charge is 0.493 e. The minimum Gasteiger partial charge on any atom is -0.493 e. The van der Waals surface area contributed by atoms with Gasteiger partial charge in [0, 0.05) is 20.3 Å². The van der Waals surface area contributed by atoms with Crippen molar-refractivity contribution in [3.8, 4) is 17.6 Å². The van der Waals surface area contributed by atoms with Gasteiger partial charge >= 0.3 is 0 Å². The number of carbonyl (C=O) groups excluding carboxylic acids is 1. The van der Waals surface area contributed by atoms with Gasteiger partial charge in [-0.1, -0.05) is 35.3 Å². The van der Waals surface area contributed by atoms with E-state index in [9.17, 15) is 10.1 Å². The Bertz CT molecular complexity index is 955. The average Bonchev–Trinajstić information content (AvgIpc) is 2.76. The van der Waals surface area contributed by atoms with Crippen molar-refractivity contribution in [2.24, 2.45) is 0 Å². The molecule has 1 amide bonds. The molecule has 0 unspecified atom stereocenters. The lowest BCUT2D eigenvalue weighted by Gasteiger charge is -2.12. The highest BCUT2D eigenvalue weighted by molar-refractivity contribution is 6.42. The lowest BCUT2D eigenvalue weighted by Crippen LogP contribution is -2.26. The number of halogens is 2. The predicted octanol–water partition coefficient (Wildman–Crippen LogP) is 4.64. The summed E-state index contributed by atoms with van der Waals surface area (Å²) in [6.07, 6.45) is 2.16. The lowest BCUT2D eigenvalue weighted by molar-refractivity contribution is -0.117. The van der Waals surface area contributed by atoms with Crippen molar-refractivity contribution in [1.82, 2.24) is 5.32 Å². The van der Waals surface area contributed by atoms with Crippen molar-refractivity contribution in [3.63, 3.8) is 0 Å². The number of nitrogens with one attached hydrogen (secondary N) is 1. The van der Waals surface area contributed by atoms with Crippen LogP contribution < -0.4 is 14.8 Å². The molecule has 2 rings (SSSR count). The van der Waals surface area contributed by atoms with E-state index >= 15 is 0 Å². The molecular weight excluding hydrogens is 427 g/mol. The van der Waals surface area contributed by atoms with Crippen LogP contribution in [0.1, 0.15) is 17.5 Å². The molecule has 0 saturated carbocycles. The first kappa shape index (κ1) is 23.6. The van der Waals surface area contributed by atoms with Crippen LogP contribution in [0.25, 0.3) is 6.08 Å². The summed E-state index contributed by atoms with van der Waals surface area (Å²) in [5.74, 6) is 0.553. The summed E-state index contributed by atoms with van der Waals surface area (Å²) in [6, 6.07) is 12.3. The minimum atomic E-state index is -0.437. The first-order valence-electron chi connectivity index (χ1n) is 9.12. The standard InChI is InChI=1S/C22H22Cl2N2O4/c1-28-9-3-8-26-22(27)17(13-25)10-15-5-7-20(21(12-15)29-2)30-14-16-4-6-18(23)19(24)11-16/h4-7,10-12H,3,8-9,14H2,1-2H3,(H,26,27)/b17-10+. The Labute approximate surface area is 185 Å². The second-order valence-corrected chi connectivity index (χ2v) is 7.03. The third-order valence-corrected chi connectivity index (χ3v) is 4.79. The molecule has 2 aromatic carbocycles. The van der Waals surface area contributed by atoms with E-state index < -0.39 is 5.91 Å². The van der Waals surface area contributed by atoms with Gasteiger partial charge in [-0.05, 0) is 47.9 Å². The summed E-state index contributed by atoms with van der Waals surface area (Å²) in [7, 11) is 3.11. The van der Waals surface area contributed by atoms with Gasteiger partial charge in [0.2, 0.25) is 0 Å². The van der Waals surface area contributed by atoms with E-state index in [0.717, 1.165) is 5.56 Å². The van der Waals surface area contributed by atoms with E-state index in [0.29, 0.717) is 46.7 Å². The van der Waals surface area contributed by atoms with Crippen LogP contribution in [0.4, 0.5) is 0 Å². The van der Waals surface area contributed by atoms with Gasteiger partial charge in [-0.25, -0.2) is 0 Å². The zero-order valence-corrected chi connectivity index (χ0v) is 18.2. The van der Waals surface area contributed by atoms with E-state index in [2.05, 4.69) is 5.32 Å². The fraction of sp³-hybridized carbons (Fsp3) is 0.273. The zero-order chi connectivity index (χ0) is 21.9. The molecule has 0 radical (unpaired) electrons. The van der Waals surface area contributed by atoms with Crippen molar-refractivity contribution in [2.45, 2.75) is 13.0 Å². The number of nitriles is 1. The molecule has 0 saturated heterocycles. The second kappa shape index (κ2) is 12.1. The topological polar surface area (TPSA) is 80.6 Å². The molecule has 0 aliphatic carbocycles. The minimum absolute atomic E-state index is 0.000977. The van der Waals surface area contributed by atoms with Crippen molar-refractivity contribution in [2.75, 3.05) is 27.4 Å². The number of carbonyl (C=O) groups is 1. The Morgan fingerprint density at radius 1 is 1.13 bits per heavy atom. The molecule has 0 aromatic heterocycles. The monoisotopic (exact) mass is 448 g/mol. The van der Waals surface area contributed by atoms with Gasteiger partial charge in [0.1, 0.15) is 18.2 Å². The summed E-state index contributed by atoms with van der Waals surface area (Å²) in [6.45, 7) is 1.24. The zero-order valence-electron chi connectivity index (χ0n) is 16.7. The molecule has 6 nitrogen and oxygen atoms in total. The number of hydrogen-bond donors (Lipinski definition) is 1. The molecule has 0 spiro atoms. The van der Waals surface area contributed by atoms with Crippen molar-refractivity contribution < 1.29 is 19.0 Å². The first-order chi connectivity index (χ1) is 14.5. The number of ether oxygens (including phenoxy) is 3. The molecule has 30 heavy (non-hydrogen) atoms. The predicted molar refractivity (Wildman–Crippen MR) is 117 cm³/mol. The summed E-state index contributed by atoms with van der Waals surface area (Å²) in [5.41, 5.74) is 1.49. The van der Waals surface area contributed by atoms with Crippen LogP contribution >= 0.6 is 23.2 Å². The van der Waals surface area contributed by atoms with Gasteiger partial charge in [0.05, 0.1) is 17.2 Å². The van der Waals surface area contributed by atoms with Crippen LogP contribution in [0.3, 0.4) is 0 Å². The molecule has 0 heterocycles. The third-order valence-electron chi connectivity index (χ3n) is 4.05. The maximum Gasteiger partial charge on any atom is 0.261 e. The highest BCUT2D eigenvalue weighted by Crippen LogP contribution is 2.30. The van der Waals surface area contributed by atoms with E-state index in [1.807, 2.05) is 12.1 Å². The summed E-state index contributed by atoms with van der Waals surface area (Å²) in [4.78, 5) is 12.2. The van der Waals surface area contributed by atoms with Crippen LogP contribution in [-0.4, -0.2) is 33.3 Å². The Morgan fingerprint density at radius 2 is 1.93 bits per heavy atom. The highest BCUT2D eigenvalue weighted by Gasteiger charge is 2.11. The maximum atomic E-state index is 12.2. The summed E-state index contributed by atoms with van der Waals surface area (Å²) < 4.78 is 16.1. The fourth-order valence-electron chi connectivity index (χ4n) is 2.51. The first-order valence-corrected chi connectivity index (χ1v) is 9.87. The van der Waals surface area contributed by atoms with E-state index in [4.69, 9.17) is 37.4 Å². The van der Waals surface area contributed by atoms with E-state index in [1.54, 1.807) is 37.4 Å². The molecule has 0 aliphatic rings. The molecule has 2 aromatic rings. The Hall–Kier alpha value is -2.72. The highest BCUT2D eigenvalue weighted by atomic mass is 35.5. The number of methoxy groups -OCH3 is 2. The molecule has 0 aliphatic heterocycles. The van der Waals surface area contributed by atoms with Crippen molar-refractivity contribution >= 4 is 35.2 Å². The fourth-order valence-corrected chi connectivity index (χ4v) is 2.83. The van der Waals surface area contributed by atoms with Crippen LogP contribution in [-0.2, 0) is 16.1 Å². The van der Waals surface area contributed by atoms with Gasteiger partial charge in [-0.15, -0.1) is 0 Å². The number of benzene rings is 2. The van der Waals surface area contributed by atoms with Gasteiger partial charge in [-0.2, -0.15) is 5.26 Å². The normalized spacial score (nSPS) is 11.0. The van der Waals surface area contributed by atoms with Crippen LogP contribution in [0.2, 0.25) is 10.0 Å². The Morgan fingerprint density at radius 3 is 2.60 bits per heavy atom. The second-order valence-electron chi connectivity index (χ2n) is 6.22.